The molecule has 6 nitrogen and oxygen atoms in total. The number of nitrogens with one attached hydrogen (secondary N) is 1. The summed E-state index contributed by atoms with van der Waals surface area (Å²) in [7, 11) is 0. The normalized spacial score (nSPS) is 13.2. The summed E-state index contributed by atoms with van der Waals surface area (Å²) in [6, 6.07) is -0.470. The Bertz CT molecular complexity index is 625. The van der Waals surface area contributed by atoms with E-state index in [4.69, 9.17) is 5.11 Å². The van der Waals surface area contributed by atoms with E-state index in [2.05, 4.69) is 20.5 Å². The van der Waals surface area contributed by atoms with Crippen LogP contribution >= 0.6 is 22.7 Å². The SMILES string of the molecule is CC(Nc1nnc(C(F)(F)F)s1)c1nc(C(=O)O)cs1. The van der Waals surface area contributed by atoms with E-state index < -0.39 is 23.2 Å². The lowest BCUT2D eigenvalue weighted by molar-refractivity contribution is -0.138. The summed E-state index contributed by atoms with van der Waals surface area (Å²) in [4.78, 5) is 14.5. The fourth-order valence-corrected chi connectivity index (χ4v) is 2.73. The average Bonchev–Trinajstić information content (AvgIpc) is 2.95. The van der Waals surface area contributed by atoms with Crippen LogP contribution in [0, 0.1) is 0 Å². The fourth-order valence-electron chi connectivity index (χ4n) is 1.23. The highest BCUT2D eigenvalue weighted by molar-refractivity contribution is 7.15. The van der Waals surface area contributed by atoms with Gasteiger partial charge < -0.3 is 10.4 Å². The third-order valence-electron chi connectivity index (χ3n) is 2.12. The molecule has 2 aromatic rings. The molecule has 108 valence electrons. The Labute approximate surface area is 118 Å². The number of aromatic nitrogens is 3. The maximum atomic E-state index is 12.4. The van der Waals surface area contributed by atoms with E-state index in [1.807, 2.05) is 0 Å². The molecule has 1 unspecified atom stereocenters. The number of anilines is 1. The van der Waals surface area contributed by atoms with Crippen LogP contribution in [0.25, 0.3) is 0 Å². The highest BCUT2D eigenvalue weighted by Gasteiger charge is 2.35. The van der Waals surface area contributed by atoms with Gasteiger partial charge in [0.1, 0.15) is 5.01 Å². The Morgan fingerprint density at radius 3 is 2.65 bits per heavy atom. The van der Waals surface area contributed by atoms with E-state index in [1.54, 1.807) is 6.92 Å². The summed E-state index contributed by atoms with van der Waals surface area (Å²) in [5.41, 5.74) is -0.105. The first-order valence-electron chi connectivity index (χ1n) is 5.13. The Kier molecular flexibility index (Phi) is 3.90. The summed E-state index contributed by atoms with van der Waals surface area (Å²) in [6.07, 6.45) is -4.53. The summed E-state index contributed by atoms with van der Waals surface area (Å²) < 4.78 is 37.1. The van der Waals surface area contributed by atoms with E-state index >= 15 is 0 Å². The van der Waals surface area contributed by atoms with E-state index in [0.29, 0.717) is 16.3 Å². The van der Waals surface area contributed by atoms with Gasteiger partial charge in [-0.3, -0.25) is 0 Å². The second-order valence-corrected chi connectivity index (χ2v) is 5.52. The number of nitrogens with zero attached hydrogens (tertiary/aromatic N) is 3. The van der Waals surface area contributed by atoms with Crippen LogP contribution in [-0.4, -0.2) is 26.3 Å². The van der Waals surface area contributed by atoms with Gasteiger partial charge in [-0.2, -0.15) is 13.2 Å². The molecule has 1 atom stereocenters. The maximum absolute atomic E-state index is 12.4. The summed E-state index contributed by atoms with van der Waals surface area (Å²) in [6.45, 7) is 1.64. The van der Waals surface area contributed by atoms with Crippen molar-refractivity contribution < 1.29 is 23.1 Å². The number of carboxylic acid groups (broad SMARTS) is 1. The van der Waals surface area contributed by atoms with E-state index in [0.717, 1.165) is 11.3 Å². The van der Waals surface area contributed by atoms with Crippen molar-refractivity contribution in [2.45, 2.75) is 19.1 Å². The minimum Gasteiger partial charge on any atom is -0.476 e. The molecule has 0 saturated carbocycles. The molecule has 2 aromatic heterocycles. The van der Waals surface area contributed by atoms with Crippen LogP contribution in [-0.2, 0) is 6.18 Å². The number of thiazole rings is 1. The van der Waals surface area contributed by atoms with Crippen LogP contribution in [0.2, 0.25) is 0 Å². The first-order chi connectivity index (χ1) is 9.27. The Morgan fingerprint density at radius 1 is 1.45 bits per heavy atom. The highest BCUT2D eigenvalue weighted by Crippen LogP contribution is 2.34. The number of carboxylic acids is 1. The molecule has 0 radical (unpaired) electrons. The lowest BCUT2D eigenvalue weighted by Gasteiger charge is -2.08. The second kappa shape index (κ2) is 5.32. The predicted octanol–water partition coefficient (Wildman–Crippen LogP) is 2.88. The topological polar surface area (TPSA) is 88.0 Å². The predicted molar refractivity (Wildman–Crippen MR) is 66.0 cm³/mol. The lowest BCUT2D eigenvalue weighted by Crippen LogP contribution is -2.07. The van der Waals surface area contributed by atoms with Gasteiger partial charge in [0.05, 0.1) is 6.04 Å². The molecule has 0 aliphatic rings. The van der Waals surface area contributed by atoms with Crippen molar-refractivity contribution in [1.82, 2.24) is 15.2 Å². The van der Waals surface area contributed by atoms with E-state index in [9.17, 15) is 18.0 Å². The van der Waals surface area contributed by atoms with Gasteiger partial charge in [-0.1, -0.05) is 11.3 Å². The fraction of sp³-hybridized carbons (Fsp3) is 0.333. The number of hydrogen-bond acceptors (Lipinski definition) is 7. The minimum absolute atomic E-state index is 0.00287. The average molecular weight is 324 g/mol. The molecule has 0 saturated heterocycles. The molecule has 0 fully saturated rings. The molecule has 0 aliphatic carbocycles. The van der Waals surface area contributed by atoms with Crippen molar-refractivity contribution in [3.8, 4) is 0 Å². The Hall–Kier alpha value is -1.75. The van der Waals surface area contributed by atoms with Crippen LogP contribution in [0.15, 0.2) is 5.38 Å². The van der Waals surface area contributed by atoms with Gasteiger partial charge in [-0.25, -0.2) is 9.78 Å². The Morgan fingerprint density at radius 2 is 2.15 bits per heavy atom. The van der Waals surface area contributed by atoms with Gasteiger partial charge in [0.15, 0.2) is 5.69 Å². The lowest BCUT2D eigenvalue weighted by atomic mass is 10.3. The van der Waals surface area contributed by atoms with Crippen molar-refractivity contribution in [1.29, 1.82) is 0 Å². The first kappa shape index (κ1) is 14.7. The van der Waals surface area contributed by atoms with Gasteiger partial charge >= 0.3 is 12.1 Å². The van der Waals surface area contributed by atoms with Crippen LogP contribution in [0.1, 0.15) is 33.5 Å². The van der Waals surface area contributed by atoms with E-state index in [-0.39, 0.29) is 10.8 Å². The number of alkyl halides is 3. The zero-order valence-electron chi connectivity index (χ0n) is 9.80. The standard InChI is InChI=1S/C9H7F3N4O2S2/c1-3(5-14-4(2-19-5)6(17)18)13-8-16-15-7(20-8)9(10,11)12/h2-3H,1H3,(H,13,16)(H,17,18). The number of hydrogen-bond donors (Lipinski definition) is 2. The van der Waals surface area contributed by atoms with Crippen molar-refractivity contribution >= 4 is 33.8 Å². The number of carbonyl (C=O) groups is 1. The summed E-state index contributed by atoms with van der Waals surface area (Å²) in [5, 5.41) is 18.6. The first-order valence-corrected chi connectivity index (χ1v) is 6.83. The molecule has 2 N–H and O–H groups in total. The molecule has 20 heavy (non-hydrogen) atoms. The van der Waals surface area contributed by atoms with Gasteiger partial charge in [0.25, 0.3) is 0 Å². The van der Waals surface area contributed by atoms with Crippen LogP contribution in [0.5, 0.6) is 0 Å². The molecule has 0 spiro atoms. The highest BCUT2D eigenvalue weighted by atomic mass is 32.1. The second-order valence-electron chi connectivity index (χ2n) is 3.65. The van der Waals surface area contributed by atoms with Crippen molar-refractivity contribution in [3.05, 3.63) is 21.1 Å². The zero-order valence-corrected chi connectivity index (χ0v) is 11.4. The van der Waals surface area contributed by atoms with Crippen molar-refractivity contribution in [3.63, 3.8) is 0 Å². The molecule has 11 heteroatoms. The third-order valence-corrected chi connectivity index (χ3v) is 4.05. The summed E-state index contributed by atoms with van der Waals surface area (Å²) in [5.74, 6) is -1.16. The monoisotopic (exact) mass is 324 g/mol. The van der Waals surface area contributed by atoms with Gasteiger partial charge in [0, 0.05) is 5.38 Å². The number of rotatable bonds is 4. The van der Waals surface area contributed by atoms with Gasteiger partial charge in [0.2, 0.25) is 10.1 Å². The molecule has 0 bridgehead atoms. The molecular formula is C9H7F3N4O2S2. The molecule has 2 heterocycles. The maximum Gasteiger partial charge on any atom is 0.445 e. The molecule has 0 amide bonds. The molecule has 0 aromatic carbocycles. The van der Waals surface area contributed by atoms with E-state index in [1.165, 1.54) is 5.38 Å². The zero-order chi connectivity index (χ0) is 14.9. The smallest absolute Gasteiger partial charge is 0.445 e. The molecule has 0 aliphatic heterocycles. The van der Waals surface area contributed by atoms with Crippen molar-refractivity contribution in [2.75, 3.05) is 5.32 Å². The minimum atomic E-state index is -4.53. The molecular weight excluding hydrogens is 317 g/mol. The summed E-state index contributed by atoms with van der Waals surface area (Å²) >= 11 is 1.48. The van der Waals surface area contributed by atoms with Gasteiger partial charge in [-0.05, 0) is 6.92 Å². The van der Waals surface area contributed by atoms with Crippen molar-refractivity contribution in [2.24, 2.45) is 0 Å². The van der Waals surface area contributed by atoms with Gasteiger partial charge in [-0.15, -0.1) is 21.5 Å². The van der Waals surface area contributed by atoms with Crippen LogP contribution in [0.3, 0.4) is 0 Å². The Balaban J connectivity index is 2.09. The molecule has 2 rings (SSSR count). The number of aromatic carboxylic acids is 1. The third kappa shape index (κ3) is 3.22. The quantitative estimate of drug-likeness (QED) is 0.899. The van der Waals surface area contributed by atoms with Crippen LogP contribution in [0.4, 0.5) is 18.3 Å². The number of halogens is 3. The largest absolute Gasteiger partial charge is 0.476 e. The van der Waals surface area contributed by atoms with Crippen LogP contribution < -0.4 is 5.32 Å².